The van der Waals surface area contributed by atoms with Gasteiger partial charge in [0.05, 0.1) is 17.4 Å². The highest BCUT2D eigenvalue weighted by Crippen LogP contribution is 2.20. The molecule has 0 saturated carbocycles. The second-order valence-electron chi connectivity index (χ2n) is 3.67. The third-order valence-electron chi connectivity index (χ3n) is 2.43. The van der Waals surface area contributed by atoms with E-state index in [1.165, 1.54) is 0 Å². The van der Waals surface area contributed by atoms with Crippen molar-refractivity contribution in [2.75, 3.05) is 5.32 Å². The van der Waals surface area contributed by atoms with Gasteiger partial charge in [-0.15, -0.1) is 0 Å². The molecule has 0 fully saturated rings. The lowest BCUT2D eigenvalue weighted by molar-refractivity contribution is 0.936. The van der Waals surface area contributed by atoms with Crippen LogP contribution in [0.25, 0.3) is 6.20 Å². The first-order valence-corrected chi connectivity index (χ1v) is 5.70. The maximum absolute atomic E-state index is 8.99. The van der Waals surface area contributed by atoms with Crippen LogP contribution in [0.3, 0.4) is 0 Å². The van der Waals surface area contributed by atoms with Crippen LogP contribution in [0.5, 0.6) is 0 Å². The third kappa shape index (κ3) is 2.70. The minimum Gasteiger partial charge on any atom is -0.380 e. The Labute approximate surface area is 110 Å². The zero-order chi connectivity index (χ0) is 13.0. The fourth-order valence-corrected chi connectivity index (χ4v) is 1.70. The van der Waals surface area contributed by atoms with Crippen LogP contribution in [0, 0.1) is 11.3 Å². The zero-order valence-corrected chi connectivity index (χ0v) is 10.4. The predicted molar refractivity (Wildman–Crippen MR) is 72.1 cm³/mol. The summed E-state index contributed by atoms with van der Waals surface area (Å²) in [4.78, 5) is 0. The van der Waals surface area contributed by atoms with Crippen molar-refractivity contribution in [1.82, 2.24) is 9.78 Å². The molecule has 0 amide bonds. The Hall–Kier alpha value is -2.25. The van der Waals surface area contributed by atoms with E-state index in [0.717, 1.165) is 11.3 Å². The Bertz CT molecular complexity index is 610. The molecule has 0 atom stereocenters. The van der Waals surface area contributed by atoms with Gasteiger partial charge >= 0.3 is 0 Å². The van der Waals surface area contributed by atoms with Crippen molar-refractivity contribution in [2.24, 2.45) is 0 Å². The molecule has 5 heteroatoms. The van der Waals surface area contributed by atoms with Crippen molar-refractivity contribution < 1.29 is 0 Å². The summed E-state index contributed by atoms with van der Waals surface area (Å²) in [5.41, 5.74) is 2.28. The van der Waals surface area contributed by atoms with Crippen molar-refractivity contribution in [2.45, 2.75) is 6.54 Å². The molecule has 1 aromatic heterocycles. The number of halogens is 1. The maximum Gasteiger partial charge on any atom is 0.101 e. The van der Waals surface area contributed by atoms with Gasteiger partial charge in [-0.2, -0.15) is 10.4 Å². The van der Waals surface area contributed by atoms with Crippen LogP contribution in [0.15, 0.2) is 37.2 Å². The first-order chi connectivity index (χ1) is 8.72. The second kappa shape index (κ2) is 5.39. The van der Waals surface area contributed by atoms with Gasteiger partial charge in [0, 0.05) is 29.5 Å². The van der Waals surface area contributed by atoms with Crippen LogP contribution in [-0.4, -0.2) is 9.78 Å². The first-order valence-electron chi connectivity index (χ1n) is 5.32. The number of nitriles is 1. The van der Waals surface area contributed by atoms with Gasteiger partial charge in [-0.3, -0.25) is 0 Å². The van der Waals surface area contributed by atoms with Crippen molar-refractivity contribution in [3.05, 3.63) is 53.3 Å². The average Bonchev–Trinajstić information content (AvgIpc) is 2.84. The second-order valence-corrected chi connectivity index (χ2v) is 4.10. The summed E-state index contributed by atoms with van der Waals surface area (Å²) in [5.74, 6) is 0. The number of benzene rings is 1. The topological polar surface area (TPSA) is 53.6 Å². The molecule has 2 rings (SSSR count). The molecule has 0 spiro atoms. The molecule has 90 valence electrons. The van der Waals surface area contributed by atoms with E-state index in [9.17, 15) is 0 Å². The van der Waals surface area contributed by atoms with Gasteiger partial charge in [0.15, 0.2) is 0 Å². The largest absolute Gasteiger partial charge is 0.380 e. The standard InChI is InChI=1S/C13H11ClN4/c1-2-18-9-10(8-17-18)7-16-13-5-12(14)4-3-11(13)6-15/h2-5,8-9,16H,1,7H2. The molecule has 4 nitrogen and oxygen atoms in total. The molecule has 1 aromatic carbocycles. The fraction of sp³-hybridized carbons (Fsp3) is 0.0769. The molecule has 1 heterocycles. The molecule has 0 aliphatic carbocycles. The number of anilines is 1. The Balaban J connectivity index is 2.12. The van der Waals surface area contributed by atoms with E-state index >= 15 is 0 Å². The van der Waals surface area contributed by atoms with E-state index < -0.39 is 0 Å². The van der Waals surface area contributed by atoms with E-state index in [-0.39, 0.29) is 0 Å². The van der Waals surface area contributed by atoms with Gasteiger partial charge in [0.1, 0.15) is 6.07 Å². The molecule has 0 unspecified atom stereocenters. The van der Waals surface area contributed by atoms with Crippen molar-refractivity contribution in [3.63, 3.8) is 0 Å². The molecular weight excluding hydrogens is 248 g/mol. The maximum atomic E-state index is 8.99. The highest BCUT2D eigenvalue weighted by molar-refractivity contribution is 6.30. The Morgan fingerprint density at radius 3 is 3.06 bits per heavy atom. The lowest BCUT2D eigenvalue weighted by Crippen LogP contribution is -2.00. The molecule has 18 heavy (non-hydrogen) atoms. The number of hydrogen-bond donors (Lipinski definition) is 1. The minimum absolute atomic E-state index is 0.565. The molecule has 0 saturated heterocycles. The van der Waals surface area contributed by atoms with Gasteiger partial charge in [0.25, 0.3) is 0 Å². The smallest absolute Gasteiger partial charge is 0.101 e. The van der Waals surface area contributed by atoms with Crippen molar-refractivity contribution in [3.8, 4) is 6.07 Å². The van der Waals surface area contributed by atoms with Crippen LogP contribution in [0.1, 0.15) is 11.1 Å². The molecule has 0 aliphatic rings. The zero-order valence-electron chi connectivity index (χ0n) is 9.60. The van der Waals surface area contributed by atoms with Crippen LogP contribution >= 0.6 is 11.6 Å². The lowest BCUT2D eigenvalue weighted by Gasteiger charge is -2.07. The Kier molecular flexibility index (Phi) is 3.66. The summed E-state index contributed by atoms with van der Waals surface area (Å²) in [6.45, 7) is 4.19. The first kappa shape index (κ1) is 12.2. The van der Waals surface area contributed by atoms with E-state index in [1.807, 2.05) is 6.20 Å². The molecule has 1 N–H and O–H groups in total. The number of rotatable bonds is 4. The summed E-state index contributed by atoms with van der Waals surface area (Å²) >= 11 is 5.90. The number of hydrogen-bond acceptors (Lipinski definition) is 3. The quantitative estimate of drug-likeness (QED) is 0.917. The van der Waals surface area contributed by atoms with Gasteiger partial charge in [-0.05, 0) is 18.2 Å². The summed E-state index contributed by atoms with van der Waals surface area (Å²) in [6.07, 6.45) is 5.21. The van der Waals surface area contributed by atoms with Crippen LogP contribution < -0.4 is 5.32 Å². The highest BCUT2D eigenvalue weighted by atomic mass is 35.5. The predicted octanol–water partition coefficient (Wildman–Crippen LogP) is 3.12. The fourth-order valence-electron chi connectivity index (χ4n) is 1.53. The van der Waals surface area contributed by atoms with E-state index in [1.54, 1.807) is 35.3 Å². The van der Waals surface area contributed by atoms with Crippen LogP contribution in [0.4, 0.5) is 5.69 Å². The number of nitrogens with one attached hydrogen (secondary N) is 1. The highest BCUT2D eigenvalue weighted by Gasteiger charge is 2.03. The Morgan fingerprint density at radius 1 is 1.56 bits per heavy atom. The van der Waals surface area contributed by atoms with E-state index in [2.05, 4.69) is 23.1 Å². The van der Waals surface area contributed by atoms with Gasteiger partial charge < -0.3 is 5.32 Å². The SMILES string of the molecule is C=Cn1cc(CNc2cc(Cl)ccc2C#N)cn1. The summed E-state index contributed by atoms with van der Waals surface area (Å²) in [6, 6.07) is 7.24. The lowest BCUT2D eigenvalue weighted by atomic mass is 10.2. The summed E-state index contributed by atoms with van der Waals surface area (Å²) < 4.78 is 1.63. The Morgan fingerprint density at radius 2 is 2.39 bits per heavy atom. The molecule has 0 bridgehead atoms. The number of aromatic nitrogens is 2. The van der Waals surface area contributed by atoms with Crippen LogP contribution in [0.2, 0.25) is 5.02 Å². The van der Waals surface area contributed by atoms with E-state index in [0.29, 0.717) is 17.1 Å². The van der Waals surface area contributed by atoms with Crippen LogP contribution in [-0.2, 0) is 6.54 Å². The third-order valence-corrected chi connectivity index (χ3v) is 2.66. The van der Waals surface area contributed by atoms with Gasteiger partial charge in [-0.1, -0.05) is 18.2 Å². The number of nitrogens with zero attached hydrogens (tertiary/aromatic N) is 3. The summed E-state index contributed by atoms with van der Waals surface area (Å²) in [7, 11) is 0. The molecule has 0 aliphatic heterocycles. The van der Waals surface area contributed by atoms with Crippen molar-refractivity contribution in [1.29, 1.82) is 5.26 Å². The summed E-state index contributed by atoms with van der Waals surface area (Å²) in [5, 5.41) is 16.8. The van der Waals surface area contributed by atoms with E-state index in [4.69, 9.17) is 16.9 Å². The average molecular weight is 259 g/mol. The van der Waals surface area contributed by atoms with Crippen molar-refractivity contribution >= 4 is 23.5 Å². The van der Waals surface area contributed by atoms with Gasteiger partial charge in [-0.25, -0.2) is 4.68 Å². The minimum atomic E-state index is 0.565. The monoisotopic (exact) mass is 258 g/mol. The molecule has 0 radical (unpaired) electrons. The normalized spacial score (nSPS) is 9.78. The van der Waals surface area contributed by atoms with Gasteiger partial charge in [0.2, 0.25) is 0 Å². The molecular formula is C13H11ClN4. The molecule has 2 aromatic rings.